The summed E-state index contributed by atoms with van der Waals surface area (Å²) in [5, 5.41) is 3.88. The number of nitrogens with zero attached hydrogens (tertiary/aromatic N) is 1. The molecule has 168 valence electrons. The highest BCUT2D eigenvalue weighted by molar-refractivity contribution is 7.90. The van der Waals surface area contributed by atoms with Crippen molar-refractivity contribution >= 4 is 26.8 Å². The van der Waals surface area contributed by atoms with Gasteiger partial charge in [-0.2, -0.15) is 0 Å². The molecule has 3 aromatic rings. The van der Waals surface area contributed by atoms with Gasteiger partial charge in [-0.25, -0.2) is 12.4 Å². The Hall–Kier alpha value is -2.64. The number of nitrogens with one attached hydrogen (secondary N) is 1. The number of hydrogen-bond acceptors (Lipinski definition) is 4. The van der Waals surface area contributed by atoms with Crippen molar-refractivity contribution in [2.45, 2.75) is 55.4 Å². The van der Waals surface area contributed by atoms with Crippen LogP contribution in [0.5, 0.6) is 0 Å². The molecule has 6 nitrogen and oxygen atoms in total. The van der Waals surface area contributed by atoms with Crippen LogP contribution in [-0.2, 0) is 14.8 Å². The molecule has 1 atom stereocenters. The van der Waals surface area contributed by atoms with Gasteiger partial charge in [0.2, 0.25) is 0 Å². The fourth-order valence-corrected chi connectivity index (χ4v) is 6.32. The number of hydrogen-bond donors (Lipinski definition) is 1. The Bertz CT molecular complexity index is 1220. The summed E-state index contributed by atoms with van der Waals surface area (Å²) in [4.78, 5) is 12.6. The number of carbonyl (C=O) groups is 1. The van der Waals surface area contributed by atoms with Crippen LogP contribution in [0.25, 0.3) is 10.9 Å². The van der Waals surface area contributed by atoms with Gasteiger partial charge < -0.3 is 10.1 Å². The highest BCUT2D eigenvalue weighted by Crippen LogP contribution is 2.39. The quantitative estimate of drug-likeness (QED) is 0.600. The van der Waals surface area contributed by atoms with E-state index in [2.05, 4.69) is 5.32 Å². The van der Waals surface area contributed by atoms with Crippen molar-refractivity contribution in [3.05, 3.63) is 65.9 Å². The molecule has 2 aliphatic rings. The Balaban J connectivity index is 1.41. The van der Waals surface area contributed by atoms with Crippen LogP contribution in [0.15, 0.2) is 59.6 Å². The molecule has 7 heteroatoms. The van der Waals surface area contributed by atoms with Crippen LogP contribution in [0.1, 0.15) is 60.4 Å². The third-order valence-electron chi connectivity index (χ3n) is 6.69. The molecule has 0 bridgehead atoms. The van der Waals surface area contributed by atoms with Gasteiger partial charge >= 0.3 is 0 Å². The maximum atomic E-state index is 13.5. The molecule has 1 unspecified atom stereocenters. The Labute approximate surface area is 188 Å². The summed E-state index contributed by atoms with van der Waals surface area (Å²) in [5.74, 6) is 0.186. The zero-order chi connectivity index (χ0) is 22.1. The number of carbonyl (C=O) groups excluding carboxylic acids is 1. The number of aromatic nitrogens is 1. The van der Waals surface area contributed by atoms with Crippen LogP contribution < -0.4 is 5.32 Å². The molecule has 1 aromatic heterocycles. The van der Waals surface area contributed by atoms with E-state index in [1.165, 1.54) is 28.9 Å². The predicted molar refractivity (Wildman–Crippen MR) is 123 cm³/mol. The second kappa shape index (κ2) is 8.71. The summed E-state index contributed by atoms with van der Waals surface area (Å²) in [6, 6.07) is 13.9. The lowest BCUT2D eigenvalue weighted by molar-refractivity contribution is 0.0857. The van der Waals surface area contributed by atoms with E-state index in [0.717, 1.165) is 43.2 Å². The smallest absolute Gasteiger partial charge is 0.268 e. The molecule has 1 aliphatic heterocycles. The SMILES string of the molecule is O=C(NCC1CCCO1)c1ccc(S(=O)(=O)n2cc(C3CCCC3)c3ccccc32)cc1. The summed E-state index contributed by atoms with van der Waals surface area (Å²) in [6.07, 6.45) is 8.41. The van der Waals surface area contributed by atoms with Crippen molar-refractivity contribution < 1.29 is 17.9 Å². The molecule has 1 aliphatic carbocycles. The summed E-state index contributed by atoms with van der Waals surface area (Å²) < 4.78 is 33.9. The predicted octanol–water partition coefficient (Wildman–Crippen LogP) is 4.44. The second-order valence-corrected chi connectivity index (χ2v) is 10.6. The van der Waals surface area contributed by atoms with Crippen molar-refractivity contribution in [2.24, 2.45) is 0 Å². The number of amides is 1. The Morgan fingerprint density at radius 2 is 1.75 bits per heavy atom. The molecule has 0 spiro atoms. The molecule has 1 saturated carbocycles. The van der Waals surface area contributed by atoms with Crippen molar-refractivity contribution in [1.82, 2.24) is 9.29 Å². The number of fused-ring (bicyclic) bond motifs is 1. The molecule has 2 heterocycles. The first kappa shape index (κ1) is 21.2. The van der Waals surface area contributed by atoms with Crippen LogP contribution in [0, 0.1) is 0 Å². The van der Waals surface area contributed by atoms with Gasteiger partial charge in [0.15, 0.2) is 0 Å². The zero-order valence-corrected chi connectivity index (χ0v) is 18.8. The van der Waals surface area contributed by atoms with E-state index in [4.69, 9.17) is 4.74 Å². The average molecular weight is 453 g/mol. The first-order valence-corrected chi connectivity index (χ1v) is 12.8. The van der Waals surface area contributed by atoms with Gasteiger partial charge in [0, 0.05) is 30.3 Å². The van der Waals surface area contributed by atoms with Gasteiger partial charge in [0.1, 0.15) is 0 Å². The third-order valence-corrected chi connectivity index (χ3v) is 8.38. The first-order chi connectivity index (χ1) is 15.5. The fourth-order valence-electron chi connectivity index (χ4n) is 4.94. The average Bonchev–Trinajstić information content (AvgIpc) is 3.58. The van der Waals surface area contributed by atoms with Crippen LogP contribution in [0.2, 0.25) is 0 Å². The molecule has 1 amide bonds. The summed E-state index contributed by atoms with van der Waals surface area (Å²) in [7, 11) is -3.78. The van der Waals surface area contributed by atoms with Gasteiger partial charge in [-0.3, -0.25) is 4.79 Å². The lowest BCUT2D eigenvalue weighted by atomic mass is 9.97. The van der Waals surface area contributed by atoms with Crippen LogP contribution >= 0.6 is 0 Å². The lowest BCUT2D eigenvalue weighted by Crippen LogP contribution is -2.31. The van der Waals surface area contributed by atoms with Crippen LogP contribution in [0.3, 0.4) is 0 Å². The maximum absolute atomic E-state index is 13.5. The minimum Gasteiger partial charge on any atom is -0.376 e. The summed E-state index contributed by atoms with van der Waals surface area (Å²) in [6.45, 7) is 1.21. The summed E-state index contributed by atoms with van der Waals surface area (Å²) in [5.41, 5.74) is 2.26. The molecule has 1 saturated heterocycles. The van der Waals surface area contributed by atoms with Gasteiger partial charge in [0.05, 0.1) is 16.5 Å². The molecule has 2 aromatic carbocycles. The van der Waals surface area contributed by atoms with E-state index < -0.39 is 10.0 Å². The van der Waals surface area contributed by atoms with Gasteiger partial charge in [-0.05, 0) is 67.5 Å². The molecule has 5 rings (SSSR count). The van der Waals surface area contributed by atoms with Crippen molar-refractivity contribution in [1.29, 1.82) is 0 Å². The topological polar surface area (TPSA) is 77.4 Å². The monoisotopic (exact) mass is 452 g/mol. The van der Waals surface area contributed by atoms with Crippen molar-refractivity contribution in [3.63, 3.8) is 0 Å². The Kier molecular flexibility index (Phi) is 5.78. The van der Waals surface area contributed by atoms with E-state index in [9.17, 15) is 13.2 Å². The lowest BCUT2D eigenvalue weighted by Gasteiger charge is -2.11. The van der Waals surface area contributed by atoms with E-state index in [1.54, 1.807) is 18.3 Å². The highest BCUT2D eigenvalue weighted by Gasteiger charge is 2.26. The van der Waals surface area contributed by atoms with E-state index >= 15 is 0 Å². The van der Waals surface area contributed by atoms with Gasteiger partial charge in [-0.15, -0.1) is 0 Å². The molecule has 1 N–H and O–H groups in total. The van der Waals surface area contributed by atoms with Crippen LogP contribution in [-0.4, -0.2) is 37.6 Å². The van der Waals surface area contributed by atoms with E-state index in [-0.39, 0.29) is 16.9 Å². The molecule has 32 heavy (non-hydrogen) atoms. The number of para-hydroxylation sites is 1. The van der Waals surface area contributed by atoms with E-state index in [1.807, 2.05) is 24.3 Å². The van der Waals surface area contributed by atoms with Crippen molar-refractivity contribution in [2.75, 3.05) is 13.2 Å². The zero-order valence-electron chi connectivity index (χ0n) is 18.0. The highest BCUT2D eigenvalue weighted by atomic mass is 32.2. The van der Waals surface area contributed by atoms with Gasteiger partial charge in [0.25, 0.3) is 15.9 Å². The maximum Gasteiger partial charge on any atom is 0.268 e. The number of benzene rings is 2. The van der Waals surface area contributed by atoms with Crippen molar-refractivity contribution in [3.8, 4) is 0 Å². The first-order valence-electron chi connectivity index (χ1n) is 11.4. The second-order valence-electron chi connectivity index (χ2n) is 8.75. The molecular weight excluding hydrogens is 424 g/mol. The molecule has 2 fully saturated rings. The Morgan fingerprint density at radius 1 is 1.00 bits per heavy atom. The minimum atomic E-state index is -3.78. The summed E-state index contributed by atoms with van der Waals surface area (Å²) >= 11 is 0. The van der Waals surface area contributed by atoms with E-state index in [0.29, 0.717) is 23.5 Å². The number of ether oxygens (including phenoxy) is 1. The third kappa shape index (κ3) is 3.95. The molecular formula is C25H28N2O4S. The Morgan fingerprint density at radius 3 is 2.47 bits per heavy atom. The number of rotatable bonds is 6. The fraction of sp³-hybridized carbons (Fsp3) is 0.400. The standard InChI is InChI=1S/C25H28N2O4S/c28-25(26-16-20-8-5-15-31-20)19-11-13-21(14-12-19)32(29,30)27-17-23(18-6-1-2-7-18)22-9-3-4-10-24(22)27/h3-4,9-14,17-18,20H,1-2,5-8,15-16H2,(H,26,28). The molecule has 0 radical (unpaired) electrons. The normalized spacial score (nSPS) is 19.6. The van der Waals surface area contributed by atoms with Gasteiger partial charge in [-0.1, -0.05) is 31.0 Å². The largest absolute Gasteiger partial charge is 0.376 e. The van der Waals surface area contributed by atoms with Crippen LogP contribution in [0.4, 0.5) is 0 Å². The minimum absolute atomic E-state index is 0.0645.